The summed E-state index contributed by atoms with van der Waals surface area (Å²) in [4.78, 5) is 71.1. The van der Waals surface area contributed by atoms with E-state index in [-0.39, 0.29) is 88.8 Å². The Bertz CT molecular complexity index is 1090. The molecule has 0 aliphatic rings. The summed E-state index contributed by atoms with van der Waals surface area (Å²) in [6.07, 6.45) is 21.9. The van der Waals surface area contributed by atoms with E-state index < -0.39 is 23.9 Å². The maximum atomic E-state index is 12.4. The highest BCUT2D eigenvalue weighted by molar-refractivity contribution is 5.84. The molecule has 2 atom stereocenters. The molecule has 5 N–H and O–H groups in total. The van der Waals surface area contributed by atoms with E-state index in [1.165, 1.54) is 77.0 Å². The first-order valence-corrected chi connectivity index (χ1v) is 22.6. The lowest BCUT2D eigenvalue weighted by atomic mass is 9.94. The van der Waals surface area contributed by atoms with Gasteiger partial charge in [-0.15, -0.1) is 0 Å². The molecule has 0 radical (unpaired) electrons. The van der Waals surface area contributed by atoms with Gasteiger partial charge in [0, 0.05) is 45.4 Å². The Balaban J connectivity index is 3.66. The molecule has 344 valence electrons. The molecular formula is C44H81N3O12. The molecule has 0 unspecified atom stereocenters. The fraction of sp³-hybridized carbons (Fsp3) is 0.864. The van der Waals surface area contributed by atoms with Crippen molar-refractivity contribution < 1.29 is 57.9 Å². The Morgan fingerprint density at radius 3 is 1.58 bits per heavy atom. The van der Waals surface area contributed by atoms with Gasteiger partial charge in [0.1, 0.15) is 25.0 Å². The monoisotopic (exact) mass is 844 g/mol. The Hall–Kier alpha value is -2.98. The number of aliphatic carboxylic acids is 2. The van der Waals surface area contributed by atoms with Crippen LogP contribution in [0.4, 0.5) is 0 Å². The summed E-state index contributed by atoms with van der Waals surface area (Å²) >= 11 is 0. The van der Waals surface area contributed by atoms with E-state index in [0.29, 0.717) is 58.3 Å². The zero-order chi connectivity index (χ0) is 43.6. The highest BCUT2D eigenvalue weighted by atomic mass is 16.5. The molecule has 0 fully saturated rings. The first kappa shape index (κ1) is 56.0. The third-order valence-corrected chi connectivity index (χ3v) is 10.0. The van der Waals surface area contributed by atoms with Gasteiger partial charge < -0.3 is 45.1 Å². The molecule has 0 rings (SSSR count). The van der Waals surface area contributed by atoms with Crippen LogP contribution in [0.1, 0.15) is 161 Å². The highest BCUT2D eigenvalue weighted by Gasteiger charge is 2.22. The molecule has 15 heteroatoms. The standard InChI is InChI=1S/C44H81N3O12/c1-3-4-5-6-7-8-9-10-11-12-13-14-15-16-17-21-38(48)34-37(43(52)53)24-25-41(50)47-27-29-57-31-32-58-35-39(49)22-20-28-56-30-33-59-36-42(51)46-26-19-18-23-40(45-2)44(54)55/h37,40,45H,3-36H2,1-2H3,(H,46,51)(H,47,50)(H,52,53)(H,54,55)/t37-,40-/m0/s1. The van der Waals surface area contributed by atoms with Crippen molar-refractivity contribution in [2.45, 2.75) is 167 Å². The van der Waals surface area contributed by atoms with E-state index in [0.717, 1.165) is 19.3 Å². The number of unbranched alkanes of at least 4 members (excludes halogenated alkanes) is 15. The van der Waals surface area contributed by atoms with Crippen molar-refractivity contribution in [3.8, 4) is 0 Å². The van der Waals surface area contributed by atoms with Gasteiger partial charge in [0.05, 0.1) is 39.0 Å². The van der Waals surface area contributed by atoms with Crippen molar-refractivity contribution in [2.24, 2.45) is 5.92 Å². The zero-order valence-electron chi connectivity index (χ0n) is 36.7. The minimum atomic E-state index is -1.05. The number of hydrogen-bond donors (Lipinski definition) is 5. The van der Waals surface area contributed by atoms with Crippen LogP contribution in [0.2, 0.25) is 0 Å². The van der Waals surface area contributed by atoms with Gasteiger partial charge in [0.2, 0.25) is 11.8 Å². The van der Waals surface area contributed by atoms with Crippen LogP contribution in [0.5, 0.6) is 0 Å². The number of ketones is 2. The first-order valence-electron chi connectivity index (χ1n) is 22.6. The van der Waals surface area contributed by atoms with Gasteiger partial charge in [-0.3, -0.25) is 28.8 Å². The molecular weight excluding hydrogens is 762 g/mol. The van der Waals surface area contributed by atoms with Crippen LogP contribution < -0.4 is 16.0 Å². The number of carbonyl (C=O) groups is 6. The molecule has 15 nitrogen and oxygen atoms in total. The number of carboxylic acids is 2. The van der Waals surface area contributed by atoms with Crippen molar-refractivity contribution in [2.75, 3.05) is 73.0 Å². The van der Waals surface area contributed by atoms with Crippen LogP contribution >= 0.6 is 0 Å². The molecule has 0 aromatic rings. The van der Waals surface area contributed by atoms with E-state index >= 15 is 0 Å². The number of carbonyl (C=O) groups excluding carboxylic acids is 4. The maximum Gasteiger partial charge on any atom is 0.320 e. The van der Waals surface area contributed by atoms with Crippen molar-refractivity contribution in [1.82, 2.24) is 16.0 Å². The van der Waals surface area contributed by atoms with E-state index in [2.05, 4.69) is 22.9 Å². The fourth-order valence-corrected chi connectivity index (χ4v) is 6.42. The average molecular weight is 844 g/mol. The topological polar surface area (TPSA) is 216 Å². The number of ether oxygens (including phenoxy) is 4. The number of nitrogens with one attached hydrogen (secondary N) is 3. The molecule has 0 aliphatic carbocycles. The van der Waals surface area contributed by atoms with Crippen LogP contribution in [0, 0.1) is 5.92 Å². The van der Waals surface area contributed by atoms with E-state index in [1.54, 1.807) is 7.05 Å². The first-order chi connectivity index (χ1) is 28.6. The van der Waals surface area contributed by atoms with Gasteiger partial charge in [0.15, 0.2) is 5.78 Å². The molecule has 0 aliphatic heterocycles. The number of Topliss-reactive ketones (excluding diaryl/α,β-unsaturated/α-hetero) is 2. The summed E-state index contributed by atoms with van der Waals surface area (Å²) in [7, 11) is 1.60. The average Bonchev–Trinajstić information content (AvgIpc) is 3.20. The Labute approximate surface area is 354 Å². The van der Waals surface area contributed by atoms with Crippen molar-refractivity contribution in [3.05, 3.63) is 0 Å². The molecule has 0 bridgehead atoms. The summed E-state index contributed by atoms with van der Waals surface area (Å²) in [5.41, 5.74) is 0. The molecule has 0 spiro atoms. The molecule has 0 aromatic carbocycles. The number of amides is 2. The molecule has 0 saturated carbocycles. The second-order valence-electron chi connectivity index (χ2n) is 15.4. The lowest BCUT2D eigenvalue weighted by molar-refractivity contribution is -0.144. The second-order valence-corrected chi connectivity index (χ2v) is 15.4. The van der Waals surface area contributed by atoms with Crippen LogP contribution in [-0.4, -0.2) is 125 Å². The van der Waals surface area contributed by atoms with Crippen LogP contribution in [0.15, 0.2) is 0 Å². The molecule has 59 heavy (non-hydrogen) atoms. The van der Waals surface area contributed by atoms with Crippen LogP contribution in [0.3, 0.4) is 0 Å². The van der Waals surface area contributed by atoms with Gasteiger partial charge in [-0.2, -0.15) is 0 Å². The predicted octanol–water partition coefficient (Wildman–Crippen LogP) is 6.18. The van der Waals surface area contributed by atoms with Crippen molar-refractivity contribution in [3.63, 3.8) is 0 Å². The van der Waals surface area contributed by atoms with Gasteiger partial charge in [-0.05, 0) is 45.6 Å². The van der Waals surface area contributed by atoms with Crippen molar-refractivity contribution in [1.29, 1.82) is 0 Å². The van der Waals surface area contributed by atoms with Crippen molar-refractivity contribution >= 4 is 35.3 Å². The minimum absolute atomic E-state index is 0.0190. The molecule has 0 saturated heterocycles. The van der Waals surface area contributed by atoms with E-state index in [9.17, 15) is 33.9 Å². The summed E-state index contributed by atoms with van der Waals surface area (Å²) in [5, 5.41) is 26.7. The lowest BCUT2D eigenvalue weighted by Gasteiger charge is -2.12. The highest BCUT2D eigenvalue weighted by Crippen LogP contribution is 2.17. The molecule has 2 amide bonds. The smallest absolute Gasteiger partial charge is 0.320 e. The minimum Gasteiger partial charge on any atom is -0.481 e. The predicted molar refractivity (Wildman–Crippen MR) is 227 cm³/mol. The summed E-state index contributed by atoms with van der Waals surface area (Å²) in [6.45, 7) is 4.42. The number of carboxylic acid groups (broad SMARTS) is 2. The number of likely N-dealkylation sites (N-methyl/N-ethyl adjacent to an activating group) is 1. The van der Waals surface area contributed by atoms with Gasteiger partial charge in [-0.1, -0.05) is 96.8 Å². The van der Waals surface area contributed by atoms with Gasteiger partial charge in [-0.25, -0.2) is 0 Å². The third-order valence-electron chi connectivity index (χ3n) is 10.0. The quantitative estimate of drug-likeness (QED) is 0.0434. The Morgan fingerprint density at radius 2 is 1.00 bits per heavy atom. The lowest BCUT2D eigenvalue weighted by Crippen LogP contribution is -2.34. The summed E-state index contributed by atoms with van der Waals surface area (Å²) in [6, 6.07) is -0.585. The zero-order valence-corrected chi connectivity index (χ0v) is 36.7. The van der Waals surface area contributed by atoms with E-state index in [1.807, 2.05) is 0 Å². The third kappa shape index (κ3) is 38.9. The number of rotatable bonds is 46. The summed E-state index contributed by atoms with van der Waals surface area (Å²) < 4.78 is 21.5. The van der Waals surface area contributed by atoms with Gasteiger partial charge >= 0.3 is 11.9 Å². The van der Waals surface area contributed by atoms with Gasteiger partial charge in [0.25, 0.3) is 0 Å². The van der Waals surface area contributed by atoms with E-state index in [4.69, 9.17) is 24.1 Å². The second kappa shape index (κ2) is 41.7. The number of hydrogen-bond acceptors (Lipinski definition) is 11. The summed E-state index contributed by atoms with van der Waals surface area (Å²) in [5.74, 6) is -3.47. The fourth-order valence-electron chi connectivity index (χ4n) is 6.42. The normalized spacial score (nSPS) is 12.2. The van der Waals surface area contributed by atoms with Crippen LogP contribution in [0.25, 0.3) is 0 Å². The van der Waals surface area contributed by atoms with Crippen LogP contribution in [-0.2, 0) is 47.7 Å². The Kier molecular flexibility index (Phi) is 39.6. The molecule has 0 heterocycles. The maximum absolute atomic E-state index is 12.4. The molecule has 0 aromatic heterocycles. The SMILES string of the molecule is CCCCCCCCCCCCCCCCCC(=O)C[C@H](CCC(=O)NCCOCCOCC(=O)CCCOCCOCC(=O)NCCCC[C@H](NC)C(=O)O)C(=O)O. The Morgan fingerprint density at radius 1 is 0.475 bits per heavy atom. The largest absolute Gasteiger partial charge is 0.481 e.